The summed E-state index contributed by atoms with van der Waals surface area (Å²) in [6.45, 7) is 5.70. The van der Waals surface area contributed by atoms with Gasteiger partial charge in [-0.1, -0.05) is 60.2 Å². The number of hydrogen-bond acceptors (Lipinski definition) is 5. The van der Waals surface area contributed by atoms with Gasteiger partial charge in [0.25, 0.3) is 0 Å². The smallest absolute Gasteiger partial charge is 0.225 e. The van der Waals surface area contributed by atoms with Crippen molar-refractivity contribution >= 4 is 22.6 Å². The molecule has 0 atom stereocenters. The lowest BCUT2D eigenvalue weighted by molar-refractivity contribution is -0.137. The first-order valence-electron chi connectivity index (χ1n) is 12.6. The molecule has 34 heavy (non-hydrogen) atoms. The van der Waals surface area contributed by atoms with E-state index in [-0.39, 0.29) is 5.92 Å². The quantitative estimate of drug-likeness (QED) is 0.497. The van der Waals surface area contributed by atoms with Crippen LogP contribution in [-0.2, 0) is 17.6 Å². The molecule has 6 heteroatoms. The fourth-order valence-corrected chi connectivity index (χ4v) is 5.95. The number of aromatic nitrogens is 2. The van der Waals surface area contributed by atoms with Gasteiger partial charge in [-0.15, -0.1) is 0 Å². The summed E-state index contributed by atoms with van der Waals surface area (Å²) in [7, 11) is 0. The number of likely N-dealkylation sites (tertiary alicyclic amines) is 1. The summed E-state index contributed by atoms with van der Waals surface area (Å²) in [6.07, 6.45) is 5.97. The zero-order chi connectivity index (χ0) is 23.3. The summed E-state index contributed by atoms with van der Waals surface area (Å²) >= 11 is 1.49. The molecule has 0 saturated carbocycles. The van der Waals surface area contributed by atoms with Gasteiger partial charge in [0, 0.05) is 50.1 Å². The first kappa shape index (κ1) is 23.0. The van der Waals surface area contributed by atoms with Crippen LogP contribution < -0.4 is 4.90 Å². The number of carbonyl (C=O) groups excluding carboxylic acids is 1. The highest BCUT2D eigenvalue weighted by atomic mass is 32.1. The van der Waals surface area contributed by atoms with E-state index in [0.29, 0.717) is 11.8 Å². The van der Waals surface area contributed by atoms with Gasteiger partial charge in [-0.25, -0.2) is 4.98 Å². The van der Waals surface area contributed by atoms with Gasteiger partial charge >= 0.3 is 0 Å². The Morgan fingerprint density at radius 1 is 0.912 bits per heavy atom. The third kappa shape index (κ3) is 5.66. The molecular formula is C28H34N4OS. The van der Waals surface area contributed by atoms with Crippen molar-refractivity contribution in [3.05, 3.63) is 77.1 Å². The maximum atomic E-state index is 13.2. The molecule has 2 aromatic carbocycles. The monoisotopic (exact) mass is 474 g/mol. The van der Waals surface area contributed by atoms with Crippen molar-refractivity contribution in [3.63, 3.8) is 0 Å². The van der Waals surface area contributed by atoms with Gasteiger partial charge < -0.3 is 9.80 Å². The summed E-state index contributed by atoms with van der Waals surface area (Å²) < 4.78 is 4.59. The van der Waals surface area contributed by atoms with E-state index in [1.54, 1.807) is 0 Å². The molecule has 2 fully saturated rings. The molecule has 0 spiro atoms. The third-order valence-electron chi connectivity index (χ3n) is 7.35. The first-order valence-corrected chi connectivity index (χ1v) is 13.4. The average Bonchev–Trinajstić information content (AvgIpc) is 3.35. The van der Waals surface area contributed by atoms with E-state index in [1.165, 1.54) is 28.2 Å². The predicted octanol–water partition coefficient (Wildman–Crippen LogP) is 5.14. The van der Waals surface area contributed by atoms with Crippen LogP contribution in [0.2, 0.25) is 0 Å². The molecule has 5 nitrogen and oxygen atoms in total. The van der Waals surface area contributed by atoms with Gasteiger partial charge in [0.2, 0.25) is 11.0 Å². The van der Waals surface area contributed by atoms with E-state index in [0.717, 1.165) is 75.7 Å². The number of benzene rings is 2. The van der Waals surface area contributed by atoms with Crippen LogP contribution in [0.25, 0.3) is 0 Å². The van der Waals surface area contributed by atoms with Crippen LogP contribution in [0.1, 0.15) is 48.2 Å². The molecule has 3 heterocycles. The largest absolute Gasteiger partial charge is 0.347 e. The molecule has 0 N–H and O–H groups in total. The molecule has 2 aliphatic heterocycles. The highest BCUT2D eigenvalue weighted by Crippen LogP contribution is 2.28. The van der Waals surface area contributed by atoms with Gasteiger partial charge in [-0.3, -0.25) is 4.79 Å². The zero-order valence-corrected chi connectivity index (χ0v) is 20.8. The Labute approximate surface area is 207 Å². The van der Waals surface area contributed by atoms with Crippen LogP contribution in [-0.4, -0.2) is 46.3 Å². The van der Waals surface area contributed by atoms with Crippen LogP contribution in [0, 0.1) is 18.8 Å². The van der Waals surface area contributed by atoms with Crippen LogP contribution in [0.4, 0.5) is 5.13 Å². The van der Waals surface area contributed by atoms with Crippen molar-refractivity contribution < 1.29 is 4.79 Å². The van der Waals surface area contributed by atoms with E-state index in [9.17, 15) is 4.79 Å². The van der Waals surface area contributed by atoms with Crippen LogP contribution in [0.15, 0.2) is 54.6 Å². The normalized spacial score (nSPS) is 17.8. The lowest BCUT2D eigenvalue weighted by Crippen LogP contribution is -2.45. The Bertz CT molecular complexity index is 1070. The molecule has 1 aromatic heterocycles. The maximum Gasteiger partial charge on any atom is 0.225 e. The molecule has 0 unspecified atom stereocenters. The molecule has 2 aliphatic rings. The number of aryl methyl sites for hydroxylation is 1. The van der Waals surface area contributed by atoms with Gasteiger partial charge in [-0.2, -0.15) is 4.37 Å². The summed E-state index contributed by atoms with van der Waals surface area (Å²) in [4.78, 5) is 22.4. The molecule has 5 rings (SSSR count). The lowest BCUT2D eigenvalue weighted by atomic mass is 9.88. The Kier molecular flexibility index (Phi) is 7.24. The Morgan fingerprint density at radius 2 is 1.62 bits per heavy atom. The van der Waals surface area contributed by atoms with Gasteiger partial charge in [0.15, 0.2) is 0 Å². The molecule has 2 saturated heterocycles. The van der Waals surface area contributed by atoms with Gasteiger partial charge in [0.05, 0.1) is 0 Å². The summed E-state index contributed by atoms with van der Waals surface area (Å²) in [5, 5.41) is 0.995. The van der Waals surface area contributed by atoms with Crippen molar-refractivity contribution in [1.82, 2.24) is 14.3 Å². The fraction of sp³-hybridized carbons (Fsp3) is 0.464. The van der Waals surface area contributed by atoms with Gasteiger partial charge in [0.1, 0.15) is 5.82 Å². The molecule has 178 valence electrons. The number of carbonyl (C=O) groups is 1. The van der Waals surface area contributed by atoms with E-state index < -0.39 is 0 Å². The number of rotatable bonds is 6. The van der Waals surface area contributed by atoms with E-state index >= 15 is 0 Å². The van der Waals surface area contributed by atoms with Crippen molar-refractivity contribution in [1.29, 1.82) is 0 Å². The van der Waals surface area contributed by atoms with E-state index in [2.05, 4.69) is 75.7 Å². The molecule has 1 amide bonds. The second-order valence-corrected chi connectivity index (χ2v) is 10.6. The second-order valence-electron chi connectivity index (χ2n) is 9.88. The van der Waals surface area contributed by atoms with Crippen LogP contribution in [0.5, 0.6) is 0 Å². The maximum absolute atomic E-state index is 13.2. The van der Waals surface area contributed by atoms with Crippen LogP contribution in [0.3, 0.4) is 0 Å². The molecule has 0 aliphatic carbocycles. The number of hydrogen-bond donors (Lipinski definition) is 0. The minimum absolute atomic E-state index is 0.155. The van der Waals surface area contributed by atoms with Crippen molar-refractivity contribution in [2.45, 2.75) is 45.4 Å². The lowest BCUT2D eigenvalue weighted by Gasteiger charge is -2.37. The summed E-state index contributed by atoms with van der Waals surface area (Å²) in [5.74, 6) is 2.11. The summed E-state index contributed by atoms with van der Waals surface area (Å²) in [5.41, 5.74) is 3.93. The number of anilines is 1. The Balaban J connectivity index is 1.08. The molecule has 0 bridgehead atoms. The zero-order valence-electron chi connectivity index (χ0n) is 20.0. The molecule has 0 radical (unpaired) electrons. The number of amides is 1. The minimum atomic E-state index is 0.155. The van der Waals surface area contributed by atoms with Crippen molar-refractivity contribution in [2.75, 3.05) is 31.1 Å². The second kappa shape index (κ2) is 10.7. The Morgan fingerprint density at radius 3 is 2.32 bits per heavy atom. The van der Waals surface area contributed by atoms with Crippen molar-refractivity contribution in [2.24, 2.45) is 11.8 Å². The van der Waals surface area contributed by atoms with Gasteiger partial charge in [-0.05, 0) is 56.1 Å². The first-order chi connectivity index (χ1) is 16.6. The average molecular weight is 475 g/mol. The fourth-order valence-electron chi connectivity index (χ4n) is 5.21. The molecular weight excluding hydrogens is 440 g/mol. The van der Waals surface area contributed by atoms with Crippen molar-refractivity contribution in [3.8, 4) is 0 Å². The topological polar surface area (TPSA) is 49.3 Å². The SMILES string of the molecule is Cc1ccc(Cc2nsc(N3CCC(C(=O)N4CCC(Cc5ccccc5)CC4)CC3)n2)cc1. The predicted molar refractivity (Wildman–Crippen MR) is 138 cm³/mol. The number of nitrogens with zero attached hydrogens (tertiary/aromatic N) is 4. The molecule has 3 aromatic rings. The Hall–Kier alpha value is -2.73. The standard InChI is InChI=1S/C28H34N4OS/c1-21-7-9-23(10-8-21)20-26-29-28(34-30-26)32-17-13-25(14-18-32)27(33)31-15-11-24(12-16-31)19-22-5-3-2-4-6-22/h2-10,24-25H,11-20H2,1H3. The van der Waals surface area contributed by atoms with E-state index in [1.807, 2.05) is 0 Å². The van der Waals surface area contributed by atoms with Crippen LogP contribution >= 0.6 is 11.5 Å². The number of piperidine rings is 2. The summed E-state index contributed by atoms with van der Waals surface area (Å²) in [6, 6.07) is 19.3. The highest BCUT2D eigenvalue weighted by molar-refractivity contribution is 7.09. The highest BCUT2D eigenvalue weighted by Gasteiger charge is 2.31. The van der Waals surface area contributed by atoms with E-state index in [4.69, 9.17) is 4.98 Å². The third-order valence-corrected chi connectivity index (χ3v) is 8.16. The minimum Gasteiger partial charge on any atom is -0.347 e.